The first-order valence-corrected chi connectivity index (χ1v) is 6.57. The normalized spacial score (nSPS) is 12.3. The van der Waals surface area contributed by atoms with Crippen LogP contribution in [0.15, 0.2) is 24.3 Å². The molecule has 0 radical (unpaired) electrons. The van der Waals surface area contributed by atoms with Crippen molar-refractivity contribution in [3.63, 3.8) is 0 Å². The molecule has 0 saturated heterocycles. The van der Waals surface area contributed by atoms with E-state index in [1.165, 1.54) is 5.56 Å². The first-order chi connectivity index (χ1) is 7.61. The van der Waals surface area contributed by atoms with Crippen molar-refractivity contribution in [1.29, 1.82) is 0 Å². The van der Waals surface area contributed by atoms with Crippen LogP contribution in [0.2, 0.25) is 5.02 Å². The van der Waals surface area contributed by atoms with Crippen LogP contribution in [0.3, 0.4) is 0 Å². The van der Waals surface area contributed by atoms with Crippen LogP contribution in [0, 0.1) is 5.92 Å². The molecule has 1 rings (SSSR count). The van der Waals surface area contributed by atoms with E-state index >= 15 is 0 Å². The van der Waals surface area contributed by atoms with Gasteiger partial charge in [0.2, 0.25) is 0 Å². The van der Waals surface area contributed by atoms with Crippen LogP contribution >= 0.6 is 35.6 Å². The van der Waals surface area contributed by atoms with Crippen LogP contribution in [-0.4, -0.2) is 18.5 Å². The fourth-order valence-electron chi connectivity index (χ4n) is 1.49. The summed E-state index contributed by atoms with van der Waals surface area (Å²) in [7, 11) is 0. The lowest BCUT2D eigenvalue weighted by atomic mass is 10.1. The van der Waals surface area contributed by atoms with E-state index in [2.05, 4.69) is 31.3 Å². The largest absolute Gasteiger partial charge is 0.312 e. The number of hydrogen-bond acceptors (Lipinski definition) is 1. The fourth-order valence-corrected chi connectivity index (χ4v) is 1.83. The smallest absolute Gasteiger partial charge is 0.0406 e. The number of hydrogen-bond donors (Lipinski definition) is 1. The molecule has 1 aromatic rings. The second-order valence-corrected chi connectivity index (χ2v) is 5.23. The minimum Gasteiger partial charge on any atom is -0.312 e. The highest BCUT2D eigenvalue weighted by Gasteiger charge is 2.08. The summed E-state index contributed by atoms with van der Waals surface area (Å²) in [5, 5.41) is 4.25. The number of halogens is 3. The van der Waals surface area contributed by atoms with Crippen molar-refractivity contribution >= 4 is 35.6 Å². The molecule has 0 aliphatic rings. The van der Waals surface area contributed by atoms with Crippen LogP contribution in [0.25, 0.3) is 0 Å². The second-order valence-electron chi connectivity index (χ2n) is 4.48. The van der Waals surface area contributed by atoms with Gasteiger partial charge in [-0.25, -0.2) is 0 Å². The molecule has 98 valence electrons. The summed E-state index contributed by atoms with van der Waals surface area (Å²) < 4.78 is 0. The van der Waals surface area contributed by atoms with E-state index < -0.39 is 0 Å². The Labute approximate surface area is 120 Å². The first kappa shape index (κ1) is 17.1. The van der Waals surface area contributed by atoms with E-state index in [4.69, 9.17) is 23.2 Å². The zero-order valence-electron chi connectivity index (χ0n) is 10.2. The van der Waals surface area contributed by atoms with E-state index in [1.54, 1.807) is 0 Å². The zero-order chi connectivity index (χ0) is 12.0. The highest BCUT2D eigenvalue weighted by atomic mass is 35.5. The Balaban J connectivity index is 0.00000256. The average molecular weight is 297 g/mol. The standard InChI is InChI=1S/C13H19Cl2N.ClH/c1-10(2)9-16-13(8-14)7-11-3-5-12(15)6-4-11;/h3-6,10,13,16H,7-9H2,1-2H3;1H/t13-;/m0./s1. The minimum absolute atomic E-state index is 0. The number of alkyl halides is 1. The van der Waals surface area contributed by atoms with Crippen LogP contribution < -0.4 is 5.32 Å². The summed E-state index contributed by atoms with van der Waals surface area (Å²) in [5.74, 6) is 1.28. The molecule has 1 nitrogen and oxygen atoms in total. The quantitative estimate of drug-likeness (QED) is 0.777. The summed E-state index contributed by atoms with van der Waals surface area (Å²) in [6.45, 7) is 5.39. The Morgan fingerprint density at radius 2 is 1.76 bits per heavy atom. The van der Waals surface area contributed by atoms with Crippen LogP contribution in [0.5, 0.6) is 0 Å². The molecule has 0 amide bonds. The maximum atomic E-state index is 5.94. The Kier molecular flexibility index (Phi) is 9.07. The predicted molar refractivity (Wildman–Crippen MR) is 79.8 cm³/mol. The molecular weight excluding hydrogens is 277 g/mol. The van der Waals surface area contributed by atoms with Gasteiger partial charge in [0, 0.05) is 16.9 Å². The van der Waals surface area contributed by atoms with Gasteiger partial charge in [-0.2, -0.15) is 0 Å². The van der Waals surface area contributed by atoms with Crippen molar-refractivity contribution in [2.45, 2.75) is 26.3 Å². The lowest BCUT2D eigenvalue weighted by Gasteiger charge is -2.17. The molecule has 0 heterocycles. The van der Waals surface area contributed by atoms with Gasteiger partial charge in [-0.1, -0.05) is 37.6 Å². The molecular formula is C13H20Cl3N. The second kappa shape index (κ2) is 9.04. The average Bonchev–Trinajstić information content (AvgIpc) is 2.26. The van der Waals surface area contributed by atoms with Crippen LogP contribution in [0.1, 0.15) is 19.4 Å². The molecule has 4 heteroatoms. The van der Waals surface area contributed by atoms with E-state index in [0.717, 1.165) is 18.0 Å². The van der Waals surface area contributed by atoms with Crippen molar-refractivity contribution in [3.05, 3.63) is 34.9 Å². The third-order valence-corrected chi connectivity index (χ3v) is 3.02. The van der Waals surface area contributed by atoms with Gasteiger partial charge in [-0.05, 0) is 36.6 Å². The molecule has 0 aromatic heterocycles. The summed E-state index contributed by atoms with van der Waals surface area (Å²) in [4.78, 5) is 0. The molecule has 17 heavy (non-hydrogen) atoms. The molecule has 1 atom stereocenters. The van der Waals surface area contributed by atoms with Crippen molar-refractivity contribution in [3.8, 4) is 0 Å². The van der Waals surface area contributed by atoms with Crippen LogP contribution in [0.4, 0.5) is 0 Å². The van der Waals surface area contributed by atoms with Gasteiger partial charge in [0.25, 0.3) is 0 Å². The van der Waals surface area contributed by atoms with Gasteiger partial charge in [-0.15, -0.1) is 24.0 Å². The summed E-state index contributed by atoms with van der Waals surface area (Å²) in [6, 6.07) is 8.29. The Bertz CT molecular complexity index is 298. The predicted octanol–water partition coefficient (Wildman–Crippen LogP) is 4.16. The summed E-state index contributed by atoms with van der Waals surface area (Å²) in [5.41, 5.74) is 1.27. The van der Waals surface area contributed by atoms with Gasteiger partial charge >= 0.3 is 0 Å². The molecule has 0 saturated carbocycles. The van der Waals surface area contributed by atoms with E-state index in [1.807, 2.05) is 12.1 Å². The Morgan fingerprint density at radius 1 is 1.18 bits per heavy atom. The third kappa shape index (κ3) is 7.15. The third-order valence-electron chi connectivity index (χ3n) is 2.40. The number of rotatable bonds is 6. The molecule has 0 unspecified atom stereocenters. The Morgan fingerprint density at radius 3 is 2.24 bits per heavy atom. The lowest BCUT2D eigenvalue weighted by molar-refractivity contribution is 0.485. The Hall–Kier alpha value is 0.0500. The molecule has 0 aliphatic heterocycles. The van der Waals surface area contributed by atoms with Gasteiger partial charge in [0.15, 0.2) is 0 Å². The SMILES string of the molecule is CC(C)CN[C@H](CCl)Cc1ccc(Cl)cc1.Cl. The van der Waals surface area contributed by atoms with Gasteiger partial charge in [0.05, 0.1) is 0 Å². The van der Waals surface area contributed by atoms with Crippen LogP contribution in [-0.2, 0) is 6.42 Å². The monoisotopic (exact) mass is 295 g/mol. The molecule has 0 spiro atoms. The van der Waals surface area contributed by atoms with Crippen molar-refractivity contribution in [2.75, 3.05) is 12.4 Å². The molecule has 0 fully saturated rings. The molecule has 0 bridgehead atoms. The molecule has 1 N–H and O–H groups in total. The number of benzene rings is 1. The highest BCUT2D eigenvalue weighted by molar-refractivity contribution is 6.30. The van der Waals surface area contributed by atoms with Gasteiger partial charge in [-0.3, -0.25) is 0 Å². The zero-order valence-corrected chi connectivity index (χ0v) is 12.6. The maximum Gasteiger partial charge on any atom is 0.0406 e. The molecule has 0 aliphatic carbocycles. The minimum atomic E-state index is 0. The van der Waals surface area contributed by atoms with Crippen molar-refractivity contribution in [2.24, 2.45) is 5.92 Å². The topological polar surface area (TPSA) is 12.0 Å². The first-order valence-electron chi connectivity index (χ1n) is 5.65. The lowest BCUT2D eigenvalue weighted by Crippen LogP contribution is -2.35. The number of nitrogens with one attached hydrogen (secondary N) is 1. The van der Waals surface area contributed by atoms with E-state index in [0.29, 0.717) is 17.8 Å². The summed E-state index contributed by atoms with van der Waals surface area (Å²) >= 11 is 11.8. The van der Waals surface area contributed by atoms with Gasteiger partial charge < -0.3 is 5.32 Å². The van der Waals surface area contributed by atoms with E-state index in [9.17, 15) is 0 Å². The van der Waals surface area contributed by atoms with E-state index in [-0.39, 0.29) is 12.4 Å². The fraction of sp³-hybridized carbons (Fsp3) is 0.538. The van der Waals surface area contributed by atoms with Crippen molar-refractivity contribution < 1.29 is 0 Å². The van der Waals surface area contributed by atoms with Gasteiger partial charge in [0.1, 0.15) is 0 Å². The molecule has 1 aromatic carbocycles. The maximum absolute atomic E-state index is 5.94. The van der Waals surface area contributed by atoms with Crippen molar-refractivity contribution in [1.82, 2.24) is 5.32 Å². The summed E-state index contributed by atoms with van der Waals surface area (Å²) in [6.07, 6.45) is 0.952. The highest BCUT2D eigenvalue weighted by Crippen LogP contribution is 2.11.